The van der Waals surface area contributed by atoms with Crippen molar-refractivity contribution in [2.75, 3.05) is 19.6 Å². The molecule has 1 atom stereocenters. The molecule has 3 heterocycles. The fourth-order valence-corrected chi connectivity index (χ4v) is 6.53. The number of sulfonamides is 1. The minimum absolute atomic E-state index is 0.0993. The van der Waals surface area contributed by atoms with Gasteiger partial charge in [0.25, 0.3) is 5.91 Å². The van der Waals surface area contributed by atoms with E-state index in [2.05, 4.69) is 11.1 Å². The van der Waals surface area contributed by atoms with Gasteiger partial charge in [-0.25, -0.2) is 8.42 Å². The number of aryl methyl sites for hydroxylation is 3. The number of nitrogens with zero attached hydrogens (tertiary/aromatic N) is 4. The van der Waals surface area contributed by atoms with Crippen molar-refractivity contribution < 1.29 is 13.2 Å². The lowest BCUT2D eigenvalue weighted by Gasteiger charge is -2.44. The molecule has 1 fully saturated rings. The number of rotatable bonds is 2. The highest BCUT2D eigenvalue weighted by Crippen LogP contribution is 2.42. The lowest BCUT2D eigenvalue weighted by Crippen LogP contribution is -2.58. The number of nitriles is 1. The lowest BCUT2D eigenvalue weighted by atomic mass is 9.90. The Hall–Kier alpha value is -2.76. The molecular formula is C21H22N4O3S. The van der Waals surface area contributed by atoms with Crippen LogP contribution in [-0.4, -0.2) is 48.1 Å². The van der Waals surface area contributed by atoms with Crippen LogP contribution in [0.3, 0.4) is 0 Å². The minimum Gasteiger partial charge on any atom is -0.326 e. The van der Waals surface area contributed by atoms with Crippen molar-refractivity contribution in [1.29, 1.82) is 5.26 Å². The molecule has 1 amide bonds. The Morgan fingerprint density at radius 3 is 2.41 bits per heavy atom. The fraction of sp³-hybridized carbons (Fsp3) is 0.381. The Morgan fingerprint density at radius 2 is 1.79 bits per heavy atom. The molecule has 1 unspecified atom stereocenters. The predicted octanol–water partition coefficient (Wildman–Crippen LogP) is 2.25. The number of carbonyl (C=O) groups excluding carboxylic acids is 1. The van der Waals surface area contributed by atoms with Gasteiger partial charge in [0, 0.05) is 31.5 Å². The van der Waals surface area contributed by atoms with E-state index in [1.54, 1.807) is 37.1 Å². The van der Waals surface area contributed by atoms with Gasteiger partial charge in [0.2, 0.25) is 10.0 Å². The first kappa shape index (κ1) is 19.6. The lowest BCUT2D eigenvalue weighted by molar-refractivity contribution is 0.0375. The van der Waals surface area contributed by atoms with Gasteiger partial charge in [-0.2, -0.15) is 9.57 Å². The summed E-state index contributed by atoms with van der Waals surface area (Å²) in [6.45, 7) is 7.91. The van der Waals surface area contributed by atoms with E-state index in [1.165, 1.54) is 4.31 Å². The summed E-state index contributed by atoms with van der Waals surface area (Å²) in [7, 11) is -3.78. The van der Waals surface area contributed by atoms with Crippen LogP contribution in [0.1, 0.15) is 45.2 Å². The molecule has 2 aliphatic heterocycles. The first-order valence-electron chi connectivity index (χ1n) is 9.40. The van der Waals surface area contributed by atoms with E-state index in [1.807, 2.05) is 19.9 Å². The first-order chi connectivity index (χ1) is 13.6. The molecule has 0 radical (unpaired) electrons. The van der Waals surface area contributed by atoms with Gasteiger partial charge in [-0.1, -0.05) is 0 Å². The van der Waals surface area contributed by atoms with Crippen LogP contribution in [0.4, 0.5) is 0 Å². The Bertz CT molecular complexity index is 1180. The maximum absolute atomic E-state index is 13.5. The van der Waals surface area contributed by atoms with Gasteiger partial charge in [-0.05, 0) is 62.6 Å². The molecule has 7 nitrogen and oxygen atoms in total. The van der Waals surface area contributed by atoms with Crippen molar-refractivity contribution in [3.05, 3.63) is 57.9 Å². The molecule has 0 aliphatic carbocycles. The molecule has 8 heteroatoms. The number of piperazine rings is 1. The third-order valence-corrected chi connectivity index (χ3v) is 8.09. The summed E-state index contributed by atoms with van der Waals surface area (Å²) < 4.78 is 28.6. The zero-order valence-electron chi connectivity index (χ0n) is 16.9. The standard InChI is InChI=1S/C21H22N4O3S/c1-13-7-16(10-22)8-14(2)19(13)29(27,28)24-5-6-25-20(26)17-11-23-15(3)9-18(17)21(25,4)12-24/h7-9,11H,5-6,12H2,1-4H3. The van der Waals surface area contributed by atoms with Gasteiger partial charge < -0.3 is 4.90 Å². The molecule has 0 bridgehead atoms. The smallest absolute Gasteiger partial charge is 0.256 e. The van der Waals surface area contributed by atoms with E-state index >= 15 is 0 Å². The number of hydrogen-bond acceptors (Lipinski definition) is 5. The summed E-state index contributed by atoms with van der Waals surface area (Å²) in [5.74, 6) is -0.0993. The molecule has 0 saturated carbocycles. The van der Waals surface area contributed by atoms with Crippen LogP contribution in [-0.2, 0) is 15.6 Å². The van der Waals surface area contributed by atoms with Gasteiger partial charge in [0.1, 0.15) is 0 Å². The summed E-state index contributed by atoms with van der Waals surface area (Å²) >= 11 is 0. The zero-order chi connectivity index (χ0) is 21.1. The summed E-state index contributed by atoms with van der Waals surface area (Å²) in [6.07, 6.45) is 1.59. The highest BCUT2D eigenvalue weighted by atomic mass is 32.2. The summed E-state index contributed by atoms with van der Waals surface area (Å²) in [6, 6.07) is 7.14. The SMILES string of the molecule is Cc1cc2c(cn1)C(=O)N1CCN(S(=O)(=O)c3c(C)cc(C#N)cc3C)CC21C. The van der Waals surface area contributed by atoms with Crippen LogP contribution >= 0.6 is 0 Å². The van der Waals surface area contributed by atoms with Gasteiger partial charge in [0.05, 0.1) is 27.6 Å². The molecule has 150 valence electrons. The Kier molecular flexibility index (Phi) is 4.30. The van der Waals surface area contributed by atoms with Crippen molar-refractivity contribution in [3.8, 4) is 6.07 Å². The molecule has 1 aromatic carbocycles. The van der Waals surface area contributed by atoms with E-state index in [0.717, 1.165) is 11.3 Å². The quantitative estimate of drug-likeness (QED) is 0.757. The number of aromatic nitrogens is 1. The zero-order valence-corrected chi connectivity index (χ0v) is 17.7. The van der Waals surface area contributed by atoms with Crippen LogP contribution in [0, 0.1) is 32.1 Å². The van der Waals surface area contributed by atoms with Crippen LogP contribution in [0.5, 0.6) is 0 Å². The average Bonchev–Trinajstić information content (AvgIpc) is 2.87. The second kappa shape index (κ2) is 6.37. The number of pyridine rings is 1. The van der Waals surface area contributed by atoms with E-state index in [4.69, 9.17) is 5.26 Å². The molecule has 1 aromatic heterocycles. The Morgan fingerprint density at radius 1 is 1.14 bits per heavy atom. The van der Waals surface area contributed by atoms with E-state index in [0.29, 0.717) is 28.8 Å². The molecule has 4 rings (SSSR count). The topological polar surface area (TPSA) is 94.4 Å². The van der Waals surface area contributed by atoms with E-state index in [-0.39, 0.29) is 23.9 Å². The number of carbonyl (C=O) groups is 1. The van der Waals surface area contributed by atoms with Crippen molar-refractivity contribution in [2.45, 2.75) is 38.1 Å². The largest absolute Gasteiger partial charge is 0.326 e. The normalized spacial score (nSPS) is 21.6. The molecule has 2 aromatic rings. The summed E-state index contributed by atoms with van der Waals surface area (Å²) in [4.78, 5) is 19.1. The Balaban J connectivity index is 1.78. The highest BCUT2D eigenvalue weighted by molar-refractivity contribution is 7.89. The van der Waals surface area contributed by atoms with Crippen molar-refractivity contribution >= 4 is 15.9 Å². The third-order valence-electron chi connectivity index (χ3n) is 5.94. The van der Waals surface area contributed by atoms with Crippen LogP contribution in [0.2, 0.25) is 0 Å². The molecule has 29 heavy (non-hydrogen) atoms. The van der Waals surface area contributed by atoms with Crippen LogP contribution in [0.25, 0.3) is 0 Å². The van der Waals surface area contributed by atoms with E-state index in [9.17, 15) is 13.2 Å². The van der Waals surface area contributed by atoms with Crippen molar-refractivity contribution in [1.82, 2.24) is 14.2 Å². The molecule has 0 N–H and O–H groups in total. The third kappa shape index (κ3) is 2.76. The monoisotopic (exact) mass is 410 g/mol. The average molecular weight is 410 g/mol. The maximum Gasteiger partial charge on any atom is 0.256 e. The van der Waals surface area contributed by atoms with Crippen LogP contribution in [0.15, 0.2) is 29.3 Å². The van der Waals surface area contributed by atoms with E-state index < -0.39 is 15.6 Å². The first-order valence-corrected chi connectivity index (χ1v) is 10.8. The minimum atomic E-state index is -3.78. The van der Waals surface area contributed by atoms with Crippen molar-refractivity contribution in [2.24, 2.45) is 0 Å². The second-order valence-corrected chi connectivity index (χ2v) is 9.87. The highest BCUT2D eigenvalue weighted by Gasteiger charge is 2.51. The maximum atomic E-state index is 13.5. The van der Waals surface area contributed by atoms with Gasteiger partial charge >= 0.3 is 0 Å². The predicted molar refractivity (Wildman–Crippen MR) is 107 cm³/mol. The van der Waals surface area contributed by atoms with Crippen molar-refractivity contribution in [3.63, 3.8) is 0 Å². The number of fused-ring (bicyclic) bond motifs is 3. The molecule has 0 spiro atoms. The van der Waals surface area contributed by atoms with Gasteiger partial charge in [-0.15, -0.1) is 0 Å². The fourth-order valence-electron chi connectivity index (χ4n) is 4.60. The molecule has 2 aliphatic rings. The number of amides is 1. The number of hydrogen-bond donors (Lipinski definition) is 0. The summed E-state index contributed by atoms with van der Waals surface area (Å²) in [5.41, 5.74) is 2.97. The van der Waals surface area contributed by atoms with Gasteiger partial charge in [-0.3, -0.25) is 9.78 Å². The second-order valence-electron chi connectivity index (χ2n) is 7.99. The molecule has 1 saturated heterocycles. The van der Waals surface area contributed by atoms with Gasteiger partial charge in [0.15, 0.2) is 0 Å². The Labute approximate surface area is 170 Å². The molecular weight excluding hydrogens is 388 g/mol. The summed E-state index contributed by atoms with van der Waals surface area (Å²) in [5, 5.41) is 9.15. The number of benzene rings is 1. The van der Waals surface area contributed by atoms with Crippen LogP contribution < -0.4 is 0 Å².